The van der Waals surface area contributed by atoms with Crippen LogP contribution >= 0.6 is 0 Å². The van der Waals surface area contributed by atoms with Crippen LogP contribution in [0.1, 0.15) is 37.3 Å². The molecule has 1 atom stereocenters. The summed E-state index contributed by atoms with van der Waals surface area (Å²) in [5, 5.41) is 3.41. The normalized spacial score (nSPS) is 16.7. The Balaban J connectivity index is 2.44. The highest BCUT2D eigenvalue weighted by Crippen LogP contribution is 2.39. The molecular formula is C16H23NO2. The van der Waals surface area contributed by atoms with Crippen molar-refractivity contribution in [1.29, 1.82) is 0 Å². The Bertz CT molecular complexity index is 432. The fourth-order valence-corrected chi connectivity index (χ4v) is 2.80. The first-order chi connectivity index (χ1) is 9.31. The van der Waals surface area contributed by atoms with Crippen LogP contribution in [0.25, 0.3) is 0 Å². The van der Waals surface area contributed by atoms with Gasteiger partial charge in [0.05, 0.1) is 25.8 Å². The summed E-state index contributed by atoms with van der Waals surface area (Å²) < 4.78 is 11.0. The topological polar surface area (TPSA) is 30.5 Å². The molecular weight excluding hydrogens is 238 g/mol. The van der Waals surface area contributed by atoms with E-state index < -0.39 is 0 Å². The van der Waals surface area contributed by atoms with Gasteiger partial charge >= 0.3 is 0 Å². The van der Waals surface area contributed by atoms with Crippen molar-refractivity contribution >= 4 is 0 Å². The molecule has 0 fully saturated rings. The first kappa shape index (κ1) is 13.9. The molecule has 1 aromatic rings. The molecule has 0 aromatic heterocycles. The van der Waals surface area contributed by atoms with E-state index in [1.807, 2.05) is 25.2 Å². The number of methoxy groups -OCH3 is 2. The number of ether oxygens (including phenoxy) is 2. The van der Waals surface area contributed by atoms with Crippen LogP contribution in [-0.2, 0) is 0 Å². The van der Waals surface area contributed by atoms with Gasteiger partial charge in [-0.15, -0.1) is 0 Å². The zero-order valence-electron chi connectivity index (χ0n) is 12.0. The van der Waals surface area contributed by atoms with E-state index in [0.717, 1.165) is 23.5 Å². The van der Waals surface area contributed by atoms with Gasteiger partial charge in [0.15, 0.2) is 0 Å². The van der Waals surface area contributed by atoms with Crippen LogP contribution in [0.15, 0.2) is 29.8 Å². The molecule has 0 amide bonds. The maximum absolute atomic E-state index is 5.51. The largest absolute Gasteiger partial charge is 0.496 e. The standard InChI is InChI=1S/C16H23NO2/c1-17-16(12-8-5-4-6-9-12)15-13(18-2)10-7-11-14(15)19-3/h7-8,10-11,16-17H,4-6,9H2,1-3H3. The first-order valence-electron chi connectivity index (χ1n) is 6.89. The summed E-state index contributed by atoms with van der Waals surface area (Å²) in [4.78, 5) is 0. The van der Waals surface area contributed by atoms with Crippen LogP contribution < -0.4 is 14.8 Å². The molecule has 3 heteroatoms. The summed E-state index contributed by atoms with van der Waals surface area (Å²) in [7, 11) is 5.41. The molecule has 1 aliphatic carbocycles. The lowest BCUT2D eigenvalue weighted by atomic mass is 9.89. The lowest BCUT2D eigenvalue weighted by Gasteiger charge is -2.26. The van der Waals surface area contributed by atoms with E-state index >= 15 is 0 Å². The van der Waals surface area contributed by atoms with E-state index in [4.69, 9.17) is 9.47 Å². The molecule has 0 aliphatic heterocycles. The SMILES string of the molecule is CNC(C1=CCCCC1)c1c(OC)cccc1OC. The first-order valence-corrected chi connectivity index (χ1v) is 6.89. The summed E-state index contributed by atoms with van der Waals surface area (Å²) in [6, 6.07) is 6.12. The van der Waals surface area contributed by atoms with Crippen molar-refractivity contribution in [2.75, 3.05) is 21.3 Å². The monoisotopic (exact) mass is 261 g/mol. The molecule has 0 heterocycles. The lowest BCUT2D eigenvalue weighted by molar-refractivity contribution is 0.376. The third-order valence-electron chi connectivity index (χ3n) is 3.74. The van der Waals surface area contributed by atoms with E-state index in [2.05, 4.69) is 11.4 Å². The fraction of sp³-hybridized carbons (Fsp3) is 0.500. The van der Waals surface area contributed by atoms with E-state index in [-0.39, 0.29) is 6.04 Å². The quantitative estimate of drug-likeness (QED) is 0.823. The van der Waals surface area contributed by atoms with Crippen molar-refractivity contribution in [1.82, 2.24) is 5.32 Å². The van der Waals surface area contributed by atoms with Crippen LogP contribution in [0.4, 0.5) is 0 Å². The van der Waals surface area contributed by atoms with Crippen molar-refractivity contribution < 1.29 is 9.47 Å². The van der Waals surface area contributed by atoms with E-state index in [1.165, 1.54) is 24.8 Å². The molecule has 1 N–H and O–H groups in total. The molecule has 19 heavy (non-hydrogen) atoms. The zero-order valence-corrected chi connectivity index (χ0v) is 12.0. The van der Waals surface area contributed by atoms with E-state index in [1.54, 1.807) is 14.2 Å². The van der Waals surface area contributed by atoms with Gasteiger partial charge in [-0.1, -0.05) is 17.7 Å². The molecule has 1 unspecified atom stereocenters. The molecule has 1 aromatic carbocycles. The molecule has 0 bridgehead atoms. The van der Waals surface area contributed by atoms with Crippen LogP contribution in [0.5, 0.6) is 11.5 Å². The smallest absolute Gasteiger partial charge is 0.127 e. The Morgan fingerprint density at radius 2 is 1.79 bits per heavy atom. The molecule has 0 saturated heterocycles. The number of hydrogen-bond acceptors (Lipinski definition) is 3. The molecule has 104 valence electrons. The van der Waals surface area contributed by atoms with Crippen LogP contribution in [0.3, 0.4) is 0 Å². The summed E-state index contributed by atoms with van der Waals surface area (Å²) in [6.07, 6.45) is 7.23. The van der Waals surface area contributed by atoms with E-state index in [0.29, 0.717) is 0 Å². The third kappa shape index (κ3) is 2.92. The number of benzene rings is 1. The minimum atomic E-state index is 0.173. The average Bonchev–Trinajstić information content (AvgIpc) is 2.49. The van der Waals surface area contributed by atoms with Crippen LogP contribution in [0, 0.1) is 0 Å². The fourth-order valence-electron chi connectivity index (χ4n) is 2.80. The zero-order chi connectivity index (χ0) is 13.7. The highest BCUT2D eigenvalue weighted by molar-refractivity contribution is 5.50. The number of hydrogen-bond donors (Lipinski definition) is 1. The van der Waals surface area contributed by atoms with Gasteiger partial charge in [0.25, 0.3) is 0 Å². The second kappa shape index (κ2) is 6.62. The summed E-state index contributed by atoms with van der Waals surface area (Å²) >= 11 is 0. The third-order valence-corrected chi connectivity index (χ3v) is 3.74. The minimum Gasteiger partial charge on any atom is -0.496 e. The van der Waals surface area contributed by atoms with Crippen LogP contribution in [-0.4, -0.2) is 21.3 Å². The van der Waals surface area contributed by atoms with Crippen molar-refractivity contribution in [2.45, 2.75) is 31.7 Å². The second-order valence-electron chi connectivity index (χ2n) is 4.82. The molecule has 1 aliphatic rings. The Morgan fingerprint density at radius 1 is 1.11 bits per heavy atom. The predicted octanol–water partition coefficient (Wildman–Crippen LogP) is 3.46. The van der Waals surface area contributed by atoms with Gasteiger partial charge in [0.2, 0.25) is 0 Å². The number of rotatable bonds is 5. The second-order valence-corrected chi connectivity index (χ2v) is 4.82. The summed E-state index contributed by atoms with van der Waals surface area (Å²) in [6.45, 7) is 0. The predicted molar refractivity (Wildman–Crippen MR) is 77.9 cm³/mol. The Hall–Kier alpha value is -1.48. The van der Waals surface area contributed by atoms with Gasteiger partial charge in [0.1, 0.15) is 11.5 Å². The van der Waals surface area contributed by atoms with Gasteiger partial charge in [-0.05, 0) is 44.9 Å². The molecule has 0 radical (unpaired) electrons. The van der Waals surface area contributed by atoms with Crippen molar-refractivity contribution in [3.63, 3.8) is 0 Å². The van der Waals surface area contributed by atoms with E-state index in [9.17, 15) is 0 Å². The van der Waals surface area contributed by atoms with Crippen molar-refractivity contribution in [2.24, 2.45) is 0 Å². The molecule has 0 spiro atoms. The maximum atomic E-state index is 5.51. The highest BCUT2D eigenvalue weighted by Gasteiger charge is 2.23. The summed E-state index contributed by atoms with van der Waals surface area (Å²) in [5.74, 6) is 1.76. The lowest BCUT2D eigenvalue weighted by Crippen LogP contribution is -2.21. The molecule has 3 nitrogen and oxygen atoms in total. The highest BCUT2D eigenvalue weighted by atomic mass is 16.5. The van der Waals surface area contributed by atoms with Gasteiger partial charge < -0.3 is 14.8 Å². The minimum absolute atomic E-state index is 0.173. The van der Waals surface area contributed by atoms with Gasteiger partial charge in [-0.3, -0.25) is 0 Å². The maximum Gasteiger partial charge on any atom is 0.127 e. The summed E-state index contributed by atoms with van der Waals surface area (Å²) in [5.41, 5.74) is 2.54. The van der Waals surface area contributed by atoms with Crippen molar-refractivity contribution in [3.05, 3.63) is 35.4 Å². The molecule has 2 rings (SSSR count). The number of likely N-dealkylation sites (N-methyl/N-ethyl adjacent to an activating group) is 1. The Labute approximate surface area is 115 Å². The number of nitrogens with one attached hydrogen (secondary N) is 1. The van der Waals surface area contributed by atoms with Gasteiger partial charge in [-0.2, -0.15) is 0 Å². The number of allylic oxidation sites excluding steroid dienone is 1. The molecule has 0 saturated carbocycles. The van der Waals surface area contributed by atoms with Crippen LogP contribution in [0.2, 0.25) is 0 Å². The Morgan fingerprint density at radius 3 is 2.26 bits per heavy atom. The Kier molecular flexibility index (Phi) is 4.86. The van der Waals surface area contributed by atoms with Crippen molar-refractivity contribution in [3.8, 4) is 11.5 Å². The van der Waals surface area contributed by atoms with Gasteiger partial charge in [0, 0.05) is 0 Å². The van der Waals surface area contributed by atoms with Gasteiger partial charge in [-0.25, -0.2) is 0 Å². The average molecular weight is 261 g/mol.